The lowest BCUT2D eigenvalue weighted by molar-refractivity contribution is 0.112. The van der Waals surface area contributed by atoms with Crippen molar-refractivity contribution in [1.29, 1.82) is 0 Å². The molecule has 0 bridgehead atoms. The molecule has 1 atom stereocenters. The van der Waals surface area contributed by atoms with E-state index in [1.54, 1.807) is 24.3 Å². The first-order valence-corrected chi connectivity index (χ1v) is 5.76. The summed E-state index contributed by atoms with van der Waals surface area (Å²) in [5.74, 6) is 0. The second-order valence-corrected chi connectivity index (χ2v) is 4.10. The van der Waals surface area contributed by atoms with E-state index in [-0.39, 0.29) is 12.1 Å². The van der Waals surface area contributed by atoms with E-state index >= 15 is 0 Å². The molecule has 0 aromatic heterocycles. The summed E-state index contributed by atoms with van der Waals surface area (Å²) in [6, 6.07) is 6.85. The molecule has 2 amide bonds. The average molecular weight is 235 g/mol. The molecule has 1 aromatic rings. The van der Waals surface area contributed by atoms with Crippen molar-refractivity contribution in [1.82, 2.24) is 5.32 Å². The number of anilines is 2. The molecule has 1 unspecified atom stereocenters. The number of benzene rings is 1. The molecule has 2 rings (SSSR count). The van der Waals surface area contributed by atoms with Crippen LogP contribution in [0.3, 0.4) is 0 Å². The van der Waals surface area contributed by atoms with Crippen LogP contribution in [0.5, 0.6) is 0 Å². The summed E-state index contributed by atoms with van der Waals surface area (Å²) in [5, 5.41) is 5.50. The summed E-state index contributed by atoms with van der Waals surface area (Å²) in [6.45, 7) is 1.34. The van der Waals surface area contributed by atoms with E-state index in [2.05, 4.69) is 10.6 Å². The minimum absolute atomic E-state index is 0.154. The summed E-state index contributed by atoms with van der Waals surface area (Å²) in [5.41, 5.74) is 6.93. The zero-order chi connectivity index (χ0) is 12.1. The van der Waals surface area contributed by atoms with Crippen molar-refractivity contribution in [2.75, 3.05) is 24.2 Å². The summed E-state index contributed by atoms with van der Waals surface area (Å²) >= 11 is 0. The van der Waals surface area contributed by atoms with E-state index in [4.69, 9.17) is 10.5 Å². The number of hydrogen-bond acceptors (Lipinski definition) is 3. The van der Waals surface area contributed by atoms with Crippen LogP contribution in [0.2, 0.25) is 0 Å². The van der Waals surface area contributed by atoms with Crippen LogP contribution in [0.15, 0.2) is 24.3 Å². The summed E-state index contributed by atoms with van der Waals surface area (Å²) in [6.07, 6.45) is 2.24. The molecule has 1 aromatic carbocycles. The van der Waals surface area contributed by atoms with Crippen molar-refractivity contribution in [3.05, 3.63) is 24.3 Å². The Balaban J connectivity index is 1.76. The van der Waals surface area contributed by atoms with Crippen LogP contribution in [-0.2, 0) is 4.74 Å². The molecule has 4 N–H and O–H groups in total. The smallest absolute Gasteiger partial charge is 0.319 e. The third kappa shape index (κ3) is 3.64. The van der Waals surface area contributed by atoms with Gasteiger partial charge in [-0.15, -0.1) is 0 Å². The van der Waals surface area contributed by atoms with Crippen LogP contribution in [0.1, 0.15) is 12.8 Å². The van der Waals surface area contributed by atoms with Gasteiger partial charge in [-0.2, -0.15) is 0 Å². The Labute approximate surface area is 100 Å². The van der Waals surface area contributed by atoms with E-state index in [0.717, 1.165) is 19.4 Å². The third-order valence-corrected chi connectivity index (χ3v) is 2.66. The molecular weight excluding hydrogens is 218 g/mol. The van der Waals surface area contributed by atoms with Gasteiger partial charge >= 0.3 is 6.03 Å². The number of urea groups is 1. The van der Waals surface area contributed by atoms with E-state index in [0.29, 0.717) is 17.9 Å². The molecule has 5 heteroatoms. The highest BCUT2D eigenvalue weighted by Crippen LogP contribution is 2.12. The lowest BCUT2D eigenvalue weighted by Gasteiger charge is -2.11. The van der Waals surface area contributed by atoms with Gasteiger partial charge in [0.15, 0.2) is 0 Å². The Hall–Kier alpha value is -1.75. The summed E-state index contributed by atoms with van der Waals surface area (Å²) in [7, 11) is 0. The highest BCUT2D eigenvalue weighted by molar-refractivity contribution is 5.89. The SMILES string of the molecule is Nc1cccc(NC(=O)NCC2CCCO2)c1. The Morgan fingerprint density at radius 3 is 3.12 bits per heavy atom. The van der Waals surface area contributed by atoms with Crippen molar-refractivity contribution in [2.45, 2.75) is 18.9 Å². The fourth-order valence-electron chi connectivity index (χ4n) is 1.80. The second-order valence-electron chi connectivity index (χ2n) is 4.10. The van der Waals surface area contributed by atoms with Gasteiger partial charge in [0.25, 0.3) is 0 Å². The summed E-state index contributed by atoms with van der Waals surface area (Å²) in [4.78, 5) is 11.6. The third-order valence-electron chi connectivity index (χ3n) is 2.66. The van der Waals surface area contributed by atoms with Crippen LogP contribution in [-0.4, -0.2) is 25.3 Å². The fourth-order valence-corrected chi connectivity index (χ4v) is 1.80. The first kappa shape index (κ1) is 11.7. The highest BCUT2D eigenvalue weighted by atomic mass is 16.5. The van der Waals surface area contributed by atoms with Crippen LogP contribution in [0.25, 0.3) is 0 Å². The lowest BCUT2D eigenvalue weighted by atomic mass is 10.2. The number of rotatable bonds is 3. The minimum atomic E-state index is -0.230. The molecule has 1 saturated heterocycles. The van der Waals surface area contributed by atoms with Gasteiger partial charge in [-0.05, 0) is 31.0 Å². The van der Waals surface area contributed by atoms with E-state index in [1.807, 2.05) is 0 Å². The standard InChI is InChI=1S/C12H17N3O2/c13-9-3-1-4-10(7-9)15-12(16)14-8-11-5-2-6-17-11/h1,3-4,7,11H,2,5-6,8,13H2,(H2,14,15,16). The van der Waals surface area contributed by atoms with E-state index < -0.39 is 0 Å². The normalized spacial score (nSPS) is 18.9. The van der Waals surface area contributed by atoms with Crippen molar-refractivity contribution in [3.63, 3.8) is 0 Å². The van der Waals surface area contributed by atoms with Crippen LogP contribution >= 0.6 is 0 Å². The molecule has 1 heterocycles. The van der Waals surface area contributed by atoms with Gasteiger partial charge in [0, 0.05) is 24.5 Å². The largest absolute Gasteiger partial charge is 0.399 e. The molecule has 1 fully saturated rings. The average Bonchev–Trinajstić information content (AvgIpc) is 2.79. The summed E-state index contributed by atoms with van der Waals surface area (Å²) < 4.78 is 5.41. The van der Waals surface area contributed by atoms with Gasteiger partial charge in [-0.3, -0.25) is 0 Å². The Kier molecular flexibility index (Phi) is 3.82. The van der Waals surface area contributed by atoms with E-state index in [1.165, 1.54) is 0 Å². The minimum Gasteiger partial charge on any atom is -0.399 e. The molecule has 0 spiro atoms. The number of ether oxygens (including phenoxy) is 1. The number of carbonyl (C=O) groups is 1. The van der Waals surface area contributed by atoms with Crippen LogP contribution < -0.4 is 16.4 Å². The van der Waals surface area contributed by atoms with Gasteiger partial charge < -0.3 is 21.1 Å². The molecule has 0 radical (unpaired) electrons. The molecule has 0 saturated carbocycles. The zero-order valence-corrected chi connectivity index (χ0v) is 9.61. The Morgan fingerprint density at radius 2 is 2.41 bits per heavy atom. The molecule has 1 aliphatic rings. The predicted molar refractivity (Wildman–Crippen MR) is 66.8 cm³/mol. The number of nitrogen functional groups attached to an aromatic ring is 1. The first-order chi connectivity index (χ1) is 8.24. The van der Waals surface area contributed by atoms with Crippen molar-refractivity contribution < 1.29 is 9.53 Å². The molecule has 0 aliphatic carbocycles. The van der Waals surface area contributed by atoms with Crippen LogP contribution in [0.4, 0.5) is 16.2 Å². The fraction of sp³-hybridized carbons (Fsp3) is 0.417. The molecule has 17 heavy (non-hydrogen) atoms. The van der Waals surface area contributed by atoms with Crippen LogP contribution in [0, 0.1) is 0 Å². The first-order valence-electron chi connectivity index (χ1n) is 5.76. The molecule has 5 nitrogen and oxygen atoms in total. The quantitative estimate of drug-likeness (QED) is 0.696. The van der Waals surface area contributed by atoms with Gasteiger partial charge in [-0.25, -0.2) is 4.79 Å². The number of nitrogens with one attached hydrogen (secondary N) is 2. The van der Waals surface area contributed by atoms with Crippen molar-refractivity contribution in [2.24, 2.45) is 0 Å². The predicted octanol–water partition coefficient (Wildman–Crippen LogP) is 1.57. The topological polar surface area (TPSA) is 76.4 Å². The van der Waals surface area contributed by atoms with E-state index in [9.17, 15) is 4.79 Å². The van der Waals surface area contributed by atoms with Gasteiger partial charge in [0.2, 0.25) is 0 Å². The monoisotopic (exact) mass is 235 g/mol. The Morgan fingerprint density at radius 1 is 1.53 bits per heavy atom. The lowest BCUT2D eigenvalue weighted by Crippen LogP contribution is -2.35. The maximum absolute atomic E-state index is 11.6. The zero-order valence-electron chi connectivity index (χ0n) is 9.61. The number of carbonyl (C=O) groups excluding carboxylic acids is 1. The molecule has 1 aliphatic heterocycles. The number of hydrogen-bond donors (Lipinski definition) is 3. The van der Waals surface area contributed by atoms with Gasteiger partial charge in [0.05, 0.1) is 6.10 Å². The van der Waals surface area contributed by atoms with Gasteiger partial charge in [-0.1, -0.05) is 6.07 Å². The number of nitrogens with two attached hydrogens (primary N) is 1. The van der Waals surface area contributed by atoms with Gasteiger partial charge in [0.1, 0.15) is 0 Å². The highest BCUT2D eigenvalue weighted by Gasteiger charge is 2.15. The Bertz CT molecular complexity index is 389. The second kappa shape index (κ2) is 5.54. The van der Waals surface area contributed by atoms with Crippen molar-refractivity contribution in [3.8, 4) is 0 Å². The van der Waals surface area contributed by atoms with Crippen molar-refractivity contribution >= 4 is 17.4 Å². The maximum Gasteiger partial charge on any atom is 0.319 e. The molecule has 92 valence electrons. The number of amides is 2. The molecular formula is C12H17N3O2. The maximum atomic E-state index is 11.6.